The molecule has 2 unspecified atom stereocenters. The molecule has 0 fully saturated rings. The van der Waals surface area contributed by atoms with Gasteiger partial charge in [0.15, 0.2) is 5.82 Å². The number of methoxy groups -OCH3 is 1. The predicted molar refractivity (Wildman–Crippen MR) is 61.0 cm³/mol. The topological polar surface area (TPSA) is 74.2 Å². The smallest absolute Gasteiger partial charge is 0.226 e. The van der Waals surface area contributed by atoms with Crippen molar-refractivity contribution in [1.82, 2.24) is 10.1 Å². The first kappa shape index (κ1) is 13.1. The van der Waals surface area contributed by atoms with Gasteiger partial charge in [-0.1, -0.05) is 18.5 Å². The number of rotatable bonds is 7. The Morgan fingerprint density at radius 1 is 1.44 bits per heavy atom. The van der Waals surface area contributed by atoms with E-state index in [1.807, 2.05) is 6.92 Å². The molecule has 0 bridgehead atoms. The van der Waals surface area contributed by atoms with Crippen LogP contribution in [0, 0.1) is 5.92 Å². The van der Waals surface area contributed by atoms with Crippen LogP contribution in [0.4, 0.5) is 0 Å². The lowest BCUT2D eigenvalue weighted by atomic mass is 10.0. The zero-order valence-electron chi connectivity index (χ0n) is 10.3. The lowest BCUT2D eigenvalue weighted by Crippen LogP contribution is -2.16. The third-order valence-corrected chi connectivity index (χ3v) is 2.76. The van der Waals surface area contributed by atoms with E-state index in [1.54, 1.807) is 7.11 Å². The van der Waals surface area contributed by atoms with Crippen molar-refractivity contribution in [3.8, 4) is 0 Å². The van der Waals surface area contributed by atoms with E-state index in [1.165, 1.54) is 0 Å². The third kappa shape index (κ3) is 3.90. The van der Waals surface area contributed by atoms with Crippen molar-refractivity contribution in [3.05, 3.63) is 11.7 Å². The molecule has 1 aromatic rings. The summed E-state index contributed by atoms with van der Waals surface area (Å²) < 4.78 is 10.3. The molecule has 0 radical (unpaired) electrons. The summed E-state index contributed by atoms with van der Waals surface area (Å²) in [4.78, 5) is 4.32. The van der Waals surface area contributed by atoms with Crippen LogP contribution in [0.3, 0.4) is 0 Å². The van der Waals surface area contributed by atoms with Crippen LogP contribution in [0.15, 0.2) is 4.52 Å². The molecule has 1 rings (SSSR count). The maximum absolute atomic E-state index is 5.63. The van der Waals surface area contributed by atoms with E-state index < -0.39 is 0 Å². The molecule has 16 heavy (non-hydrogen) atoms. The number of hydrogen-bond acceptors (Lipinski definition) is 5. The largest absolute Gasteiger partial charge is 0.381 e. The van der Waals surface area contributed by atoms with E-state index in [9.17, 15) is 0 Å². The maximum atomic E-state index is 5.63. The fourth-order valence-electron chi connectivity index (χ4n) is 1.44. The van der Waals surface area contributed by atoms with Gasteiger partial charge in [0, 0.05) is 20.0 Å². The number of aromatic nitrogens is 2. The molecule has 1 heterocycles. The first-order valence-corrected chi connectivity index (χ1v) is 5.73. The van der Waals surface area contributed by atoms with Gasteiger partial charge in [-0.05, 0) is 19.4 Å². The molecule has 2 atom stereocenters. The van der Waals surface area contributed by atoms with Crippen molar-refractivity contribution < 1.29 is 9.26 Å². The molecule has 0 saturated heterocycles. The van der Waals surface area contributed by atoms with Crippen molar-refractivity contribution in [2.75, 3.05) is 13.7 Å². The second-order valence-corrected chi connectivity index (χ2v) is 4.07. The van der Waals surface area contributed by atoms with E-state index in [2.05, 4.69) is 17.1 Å². The molecule has 5 nitrogen and oxygen atoms in total. The zero-order valence-corrected chi connectivity index (χ0v) is 10.3. The summed E-state index contributed by atoms with van der Waals surface area (Å²) >= 11 is 0. The van der Waals surface area contributed by atoms with Crippen LogP contribution in [0.1, 0.15) is 32.0 Å². The Hall–Kier alpha value is -0.940. The highest BCUT2D eigenvalue weighted by molar-refractivity contribution is 4.89. The second kappa shape index (κ2) is 6.60. The Morgan fingerprint density at radius 2 is 2.19 bits per heavy atom. The van der Waals surface area contributed by atoms with Crippen molar-refractivity contribution in [2.24, 2.45) is 11.7 Å². The number of nitrogens with two attached hydrogens (primary N) is 1. The van der Waals surface area contributed by atoms with Crippen LogP contribution in [0.2, 0.25) is 0 Å². The molecule has 5 heteroatoms. The molecule has 0 saturated carbocycles. The minimum absolute atomic E-state index is 0.113. The van der Waals surface area contributed by atoms with Crippen LogP contribution < -0.4 is 5.73 Å². The van der Waals surface area contributed by atoms with Gasteiger partial charge < -0.3 is 15.0 Å². The van der Waals surface area contributed by atoms with Crippen LogP contribution in [0.5, 0.6) is 0 Å². The zero-order chi connectivity index (χ0) is 12.0. The van der Waals surface area contributed by atoms with Crippen LogP contribution >= 0.6 is 0 Å². The summed E-state index contributed by atoms with van der Waals surface area (Å²) in [7, 11) is 1.67. The summed E-state index contributed by atoms with van der Waals surface area (Å²) in [5.74, 6) is 1.81. The average molecular weight is 227 g/mol. The fraction of sp³-hybridized carbons (Fsp3) is 0.818. The van der Waals surface area contributed by atoms with Crippen molar-refractivity contribution in [1.29, 1.82) is 0 Å². The predicted octanol–water partition coefficient (Wildman–Crippen LogP) is 1.17. The number of ether oxygens (including phenoxy) is 1. The normalized spacial score (nSPS) is 15.0. The molecule has 0 aliphatic heterocycles. The first-order chi connectivity index (χ1) is 7.69. The Balaban J connectivity index is 2.50. The number of nitrogens with zero attached hydrogens (tertiary/aromatic N) is 2. The van der Waals surface area contributed by atoms with Crippen molar-refractivity contribution in [2.45, 2.75) is 39.2 Å². The minimum atomic E-state index is 0.113. The molecular weight excluding hydrogens is 206 g/mol. The Bertz CT molecular complexity index is 297. The highest BCUT2D eigenvalue weighted by Gasteiger charge is 2.13. The molecule has 0 aromatic carbocycles. The number of hydrogen-bond donors (Lipinski definition) is 1. The summed E-state index contributed by atoms with van der Waals surface area (Å²) in [6.07, 6.45) is 2.59. The van der Waals surface area contributed by atoms with E-state index in [-0.39, 0.29) is 6.10 Å². The molecular formula is C11H21N3O2. The van der Waals surface area contributed by atoms with Gasteiger partial charge in [0.25, 0.3) is 0 Å². The summed E-state index contributed by atoms with van der Waals surface area (Å²) in [6, 6.07) is 0. The highest BCUT2D eigenvalue weighted by Crippen LogP contribution is 2.10. The highest BCUT2D eigenvalue weighted by atomic mass is 16.5. The molecule has 1 aromatic heterocycles. The third-order valence-electron chi connectivity index (χ3n) is 2.76. The van der Waals surface area contributed by atoms with Gasteiger partial charge in [-0.2, -0.15) is 4.98 Å². The van der Waals surface area contributed by atoms with Gasteiger partial charge in [0.2, 0.25) is 5.89 Å². The Labute approximate surface area is 96.4 Å². The lowest BCUT2D eigenvalue weighted by molar-refractivity contribution is 0.116. The van der Waals surface area contributed by atoms with Crippen LogP contribution in [0.25, 0.3) is 0 Å². The van der Waals surface area contributed by atoms with E-state index in [0.29, 0.717) is 30.6 Å². The van der Waals surface area contributed by atoms with Crippen molar-refractivity contribution in [3.63, 3.8) is 0 Å². The second-order valence-electron chi connectivity index (χ2n) is 4.07. The Kier molecular flexibility index (Phi) is 5.42. The molecule has 0 aliphatic rings. The summed E-state index contributed by atoms with van der Waals surface area (Å²) in [5.41, 5.74) is 5.63. The van der Waals surface area contributed by atoms with E-state index >= 15 is 0 Å². The van der Waals surface area contributed by atoms with Gasteiger partial charge in [0.1, 0.15) is 0 Å². The first-order valence-electron chi connectivity index (χ1n) is 5.73. The molecule has 0 amide bonds. The maximum Gasteiger partial charge on any atom is 0.226 e. The monoisotopic (exact) mass is 227 g/mol. The van der Waals surface area contributed by atoms with Gasteiger partial charge >= 0.3 is 0 Å². The lowest BCUT2D eigenvalue weighted by Gasteiger charge is -2.07. The fourth-order valence-corrected chi connectivity index (χ4v) is 1.44. The Morgan fingerprint density at radius 3 is 2.75 bits per heavy atom. The quantitative estimate of drug-likeness (QED) is 0.757. The molecule has 2 N–H and O–H groups in total. The van der Waals surface area contributed by atoms with E-state index in [4.69, 9.17) is 15.0 Å². The summed E-state index contributed by atoms with van der Waals surface area (Å²) in [5, 5.41) is 3.92. The van der Waals surface area contributed by atoms with Gasteiger partial charge in [-0.15, -0.1) is 0 Å². The molecule has 0 aliphatic carbocycles. The standard InChI is InChI=1S/C11H21N3O2/c1-4-9(7-12)6-11-13-10(14-16-11)5-8(2)15-3/h8-9H,4-7,12H2,1-3H3. The molecule has 0 spiro atoms. The summed E-state index contributed by atoms with van der Waals surface area (Å²) in [6.45, 7) is 4.75. The molecule has 92 valence electrons. The van der Waals surface area contributed by atoms with Gasteiger partial charge in [0.05, 0.1) is 6.10 Å². The van der Waals surface area contributed by atoms with Gasteiger partial charge in [-0.25, -0.2) is 0 Å². The van der Waals surface area contributed by atoms with Crippen LogP contribution in [-0.4, -0.2) is 29.9 Å². The van der Waals surface area contributed by atoms with Gasteiger partial charge in [-0.3, -0.25) is 0 Å². The van der Waals surface area contributed by atoms with Crippen LogP contribution in [-0.2, 0) is 17.6 Å². The van der Waals surface area contributed by atoms with Crippen molar-refractivity contribution >= 4 is 0 Å². The minimum Gasteiger partial charge on any atom is -0.381 e. The SMILES string of the molecule is CCC(CN)Cc1nc(CC(C)OC)no1. The van der Waals surface area contributed by atoms with E-state index in [0.717, 1.165) is 12.8 Å². The average Bonchev–Trinajstić information content (AvgIpc) is 2.73.